The van der Waals surface area contributed by atoms with Gasteiger partial charge in [0.1, 0.15) is 0 Å². The minimum absolute atomic E-state index is 0.0852. The molecule has 19 heavy (non-hydrogen) atoms. The monoisotopic (exact) mass is 264 g/mol. The Balaban J connectivity index is 2.14. The lowest BCUT2D eigenvalue weighted by Gasteiger charge is -2.28. The Morgan fingerprint density at radius 1 is 1.47 bits per heavy atom. The molecule has 2 heterocycles. The average Bonchev–Trinajstić information content (AvgIpc) is 2.39. The molecule has 1 aromatic rings. The molecule has 0 saturated carbocycles. The molecule has 0 bridgehead atoms. The van der Waals surface area contributed by atoms with Crippen molar-refractivity contribution in [2.45, 2.75) is 19.8 Å². The number of piperidine rings is 1. The van der Waals surface area contributed by atoms with Gasteiger partial charge in [-0.2, -0.15) is 0 Å². The molecule has 1 aromatic heterocycles. The Kier molecular flexibility index (Phi) is 4.31. The summed E-state index contributed by atoms with van der Waals surface area (Å²) in [6.07, 6.45) is 2.23. The van der Waals surface area contributed by atoms with E-state index in [1.165, 1.54) is 6.07 Å². The zero-order chi connectivity index (χ0) is 13.8. The van der Waals surface area contributed by atoms with E-state index in [1.807, 2.05) is 18.9 Å². The summed E-state index contributed by atoms with van der Waals surface area (Å²) in [7, 11) is 1.89. The van der Waals surface area contributed by atoms with Crippen LogP contribution in [-0.2, 0) is 0 Å². The lowest BCUT2D eigenvalue weighted by molar-refractivity contribution is -0.384. The molecule has 1 N–H and O–H groups in total. The van der Waals surface area contributed by atoms with Crippen molar-refractivity contribution in [3.05, 3.63) is 27.9 Å². The van der Waals surface area contributed by atoms with Crippen molar-refractivity contribution in [2.24, 2.45) is 5.92 Å². The first-order chi connectivity index (χ1) is 9.08. The molecule has 104 valence electrons. The second kappa shape index (κ2) is 5.97. The van der Waals surface area contributed by atoms with Gasteiger partial charge in [0.15, 0.2) is 0 Å². The standard InChI is InChI=1S/C13H20N4O2/c1-10-3-4-12(17(18)19)13(15-10)16(2)9-11-5-7-14-8-6-11/h3-4,11,14H,5-9H2,1-2H3. The smallest absolute Gasteiger partial charge is 0.311 e. The van der Waals surface area contributed by atoms with Crippen molar-refractivity contribution >= 4 is 11.5 Å². The van der Waals surface area contributed by atoms with Crippen LogP contribution >= 0.6 is 0 Å². The minimum atomic E-state index is -0.360. The quantitative estimate of drug-likeness (QED) is 0.662. The second-order valence-corrected chi connectivity index (χ2v) is 5.13. The van der Waals surface area contributed by atoms with Crippen molar-refractivity contribution < 1.29 is 4.92 Å². The molecule has 6 heteroatoms. The van der Waals surface area contributed by atoms with Crippen LogP contribution in [0.3, 0.4) is 0 Å². The molecule has 1 saturated heterocycles. The number of aromatic nitrogens is 1. The molecule has 0 aromatic carbocycles. The number of rotatable bonds is 4. The highest BCUT2D eigenvalue weighted by Crippen LogP contribution is 2.26. The Hall–Kier alpha value is -1.69. The van der Waals surface area contributed by atoms with E-state index in [1.54, 1.807) is 6.07 Å². The minimum Gasteiger partial charge on any atom is -0.354 e. The number of anilines is 1. The highest BCUT2D eigenvalue weighted by Gasteiger charge is 2.22. The van der Waals surface area contributed by atoms with E-state index >= 15 is 0 Å². The number of hydrogen-bond acceptors (Lipinski definition) is 5. The maximum absolute atomic E-state index is 11.1. The highest BCUT2D eigenvalue weighted by atomic mass is 16.6. The van der Waals surface area contributed by atoms with Gasteiger partial charge in [0.2, 0.25) is 5.82 Å². The van der Waals surface area contributed by atoms with Gasteiger partial charge in [-0.3, -0.25) is 10.1 Å². The third kappa shape index (κ3) is 3.41. The van der Waals surface area contributed by atoms with Crippen molar-refractivity contribution in [3.63, 3.8) is 0 Å². The molecule has 1 aliphatic heterocycles. The maximum atomic E-state index is 11.1. The molecule has 1 fully saturated rings. The molecule has 0 aliphatic carbocycles. The first kappa shape index (κ1) is 13.7. The molecule has 6 nitrogen and oxygen atoms in total. The van der Waals surface area contributed by atoms with Crippen LogP contribution in [0.1, 0.15) is 18.5 Å². The summed E-state index contributed by atoms with van der Waals surface area (Å²) < 4.78 is 0. The number of nitro groups is 1. The summed E-state index contributed by atoms with van der Waals surface area (Å²) in [6, 6.07) is 3.22. The van der Waals surface area contributed by atoms with E-state index in [9.17, 15) is 10.1 Å². The van der Waals surface area contributed by atoms with Gasteiger partial charge in [0, 0.05) is 25.4 Å². The fourth-order valence-corrected chi connectivity index (χ4v) is 2.50. The Bertz CT molecular complexity index is 458. The number of hydrogen-bond donors (Lipinski definition) is 1. The van der Waals surface area contributed by atoms with Crippen molar-refractivity contribution in [1.29, 1.82) is 0 Å². The summed E-state index contributed by atoms with van der Waals surface area (Å²) in [6.45, 7) is 4.73. The van der Waals surface area contributed by atoms with Gasteiger partial charge in [0.05, 0.1) is 4.92 Å². The predicted molar refractivity (Wildman–Crippen MR) is 74.5 cm³/mol. The van der Waals surface area contributed by atoms with Gasteiger partial charge >= 0.3 is 5.69 Å². The van der Waals surface area contributed by atoms with E-state index < -0.39 is 0 Å². The molecule has 1 aliphatic rings. The topological polar surface area (TPSA) is 71.3 Å². The van der Waals surface area contributed by atoms with Crippen molar-refractivity contribution in [1.82, 2.24) is 10.3 Å². The maximum Gasteiger partial charge on any atom is 0.311 e. The van der Waals surface area contributed by atoms with E-state index in [2.05, 4.69) is 10.3 Å². The average molecular weight is 264 g/mol. The summed E-state index contributed by atoms with van der Waals surface area (Å²) >= 11 is 0. The largest absolute Gasteiger partial charge is 0.354 e. The van der Waals surface area contributed by atoms with Crippen LogP contribution in [-0.4, -0.2) is 36.6 Å². The van der Waals surface area contributed by atoms with Crippen LogP contribution in [0.4, 0.5) is 11.5 Å². The fraction of sp³-hybridized carbons (Fsp3) is 0.615. The predicted octanol–water partition coefficient (Wildman–Crippen LogP) is 1.73. The van der Waals surface area contributed by atoms with Crippen LogP contribution < -0.4 is 10.2 Å². The molecular weight excluding hydrogens is 244 g/mol. The number of nitrogens with zero attached hydrogens (tertiary/aromatic N) is 3. The zero-order valence-corrected chi connectivity index (χ0v) is 11.4. The fourth-order valence-electron chi connectivity index (χ4n) is 2.50. The number of aryl methyl sites for hydroxylation is 1. The lowest BCUT2D eigenvalue weighted by atomic mass is 9.98. The van der Waals surface area contributed by atoms with Crippen LogP contribution in [0.5, 0.6) is 0 Å². The first-order valence-electron chi connectivity index (χ1n) is 6.62. The van der Waals surface area contributed by atoms with E-state index in [4.69, 9.17) is 0 Å². The molecule has 2 rings (SSSR count). The summed E-state index contributed by atoms with van der Waals surface area (Å²) in [5, 5.41) is 14.4. The summed E-state index contributed by atoms with van der Waals surface area (Å²) in [4.78, 5) is 16.9. The summed E-state index contributed by atoms with van der Waals surface area (Å²) in [5.41, 5.74) is 0.889. The van der Waals surface area contributed by atoms with Crippen LogP contribution in [0.25, 0.3) is 0 Å². The molecule has 0 unspecified atom stereocenters. The molecule has 0 radical (unpaired) electrons. The van der Waals surface area contributed by atoms with Crippen molar-refractivity contribution in [3.8, 4) is 0 Å². The van der Waals surface area contributed by atoms with Gasteiger partial charge in [-0.1, -0.05) is 0 Å². The number of pyridine rings is 1. The Labute approximate surface area is 113 Å². The van der Waals surface area contributed by atoms with Gasteiger partial charge < -0.3 is 10.2 Å². The number of nitrogens with one attached hydrogen (secondary N) is 1. The second-order valence-electron chi connectivity index (χ2n) is 5.13. The van der Waals surface area contributed by atoms with Gasteiger partial charge in [-0.05, 0) is 44.8 Å². The molecule has 0 atom stereocenters. The van der Waals surface area contributed by atoms with E-state index in [0.29, 0.717) is 11.7 Å². The summed E-state index contributed by atoms with van der Waals surface area (Å²) in [5.74, 6) is 1.05. The molecule has 0 amide bonds. The van der Waals surface area contributed by atoms with Gasteiger partial charge in [-0.25, -0.2) is 4.98 Å². The normalized spacial score (nSPS) is 16.3. The van der Waals surface area contributed by atoms with Crippen molar-refractivity contribution in [2.75, 3.05) is 31.6 Å². The third-order valence-electron chi connectivity index (χ3n) is 3.54. The van der Waals surface area contributed by atoms with Gasteiger partial charge in [0.25, 0.3) is 0 Å². The van der Waals surface area contributed by atoms with E-state index in [-0.39, 0.29) is 10.6 Å². The SMILES string of the molecule is Cc1ccc([N+](=O)[O-])c(N(C)CC2CCNCC2)n1. The molecule has 0 spiro atoms. The van der Waals surface area contributed by atoms with Crippen LogP contribution in [0, 0.1) is 23.0 Å². The van der Waals surface area contributed by atoms with E-state index in [0.717, 1.165) is 38.2 Å². The highest BCUT2D eigenvalue weighted by molar-refractivity contribution is 5.57. The van der Waals surface area contributed by atoms with Gasteiger partial charge in [-0.15, -0.1) is 0 Å². The third-order valence-corrected chi connectivity index (χ3v) is 3.54. The van der Waals surface area contributed by atoms with Crippen LogP contribution in [0.15, 0.2) is 12.1 Å². The van der Waals surface area contributed by atoms with Crippen LogP contribution in [0.2, 0.25) is 0 Å². The first-order valence-corrected chi connectivity index (χ1v) is 6.62. The molecular formula is C13H20N4O2. The zero-order valence-electron chi connectivity index (χ0n) is 11.4. The Morgan fingerprint density at radius 3 is 2.79 bits per heavy atom. The Morgan fingerprint density at radius 2 is 2.16 bits per heavy atom. The lowest BCUT2D eigenvalue weighted by Crippen LogP contribution is -2.35.